The molecule has 0 unspecified atom stereocenters. The van der Waals surface area contributed by atoms with Gasteiger partial charge in [0.2, 0.25) is 5.91 Å². The van der Waals surface area contributed by atoms with E-state index in [1.54, 1.807) is 30.3 Å². The summed E-state index contributed by atoms with van der Waals surface area (Å²) in [4.78, 5) is 39.4. The van der Waals surface area contributed by atoms with Crippen LogP contribution in [0.15, 0.2) is 55.1 Å². The molecule has 0 bridgehead atoms. The van der Waals surface area contributed by atoms with Gasteiger partial charge in [-0.3, -0.25) is 9.59 Å². The summed E-state index contributed by atoms with van der Waals surface area (Å²) in [5, 5.41) is 9.64. The van der Waals surface area contributed by atoms with Crippen molar-refractivity contribution in [2.24, 2.45) is 0 Å². The van der Waals surface area contributed by atoms with E-state index < -0.39 is 18.5 Å². The Bertz CT molecular complexity index is 1050. The summed E-state index contributed by atoms with van der Waals surface area (Å²) in [5.41, 5.74) is 1.59. The van der Waals surface area contributed by atoms with Crippen LogP contribution in [0.3, 0.4) is 0 Å². The van der Waals surface area contributed by atoms with Crippen molar-refractivity contribution in [3.8, 4) is 5.69 Å². The number of carbonyl (C=O) groups excluding carboxylic acids is 3. The van der Waals surface area contributed by atoms with Crippen molar-refractivity contribution >= 4 is 40.8 Å². The maximum absolute atomic E-state index is 12.3. The molecular formula is C19H16ClN5O4. The van der Waals surface area contributed by atoms with Gasteiger partial charge in [-0.1, -0.05) is 17.7 Å². The van der Waals surface area contributed by atoms with Crippen LogP contribution in [0.4, 0.5) is 11.4 Å². The molecule has 2 aromatic carbocycles. The first-order chi connectivity index (χ1) is 13.9. The van der Waals surface area contributed by atoms with Crippen LogP contribution in [-0.4, -0.2) is 39.2 Å². The fourth-order valence-corrected chi connectivity index (χ4v) is 2.64. The van der Waals surface area contributed by atoms with Gasteiger partial charge in [-0.15, -0.1) is 0 Å². The number of hydrogen-bond donors (Lipinski definition) is 2. The number of esters is 1. The number of anilines is 2. The summed E-state index contributed by atoms with van der Waals surface area (Å²) in [6.45, 7) is 0.852. The smallest absolute Gasteiger partial charge is 0.338 e. The van der Waals surface area contributed by atoms with Crippen LogP contribution in [0.1, 0.15) is 17.3 Å². The summed E-state index contributed by atoms with van der Waals surface area (Å²) in [6.07, 6.45) is 2.83. The van der Waals surface area contributed by atoms with Crippen LogP contribution < -0.4 is 10.6 Å². The van der Waals surface area contributed by atoms with Crippen molar-refractivity contribution in [2.75, 3.05) is 17.2 Å². The summed E-state index contributed by atoms with van der Waals surface area (Å²) in [6, 6.07) is 11.1. The Labute approximate surface area is 170 Å². The van der Waals surface area contributed by atoms with Gasteiger partial charge in [-0.05, 0) is 36.4 Å². The summed E-state index contributed by atoms with van der Waals surface area (Å²) in [7, 11) is 0. The molecule has 0 atom stereocenters. The Balaban J connectivity index is 1.64. The number of nitrogens with zero attached hydrogens (tertiary/aromatic N) is 3. The average molecular weight is 414 g/mol. The Morgan fingerprint density at radius 1 is 1.14 bits per heavy atom. The molecule has 29 heavy (non-hydrogen) atoms. The second-order valence-electron chi connectivity index (χ2n) is 5.89. The van der Waals surface area contributed by atoms with Crippen LogP contribution in [0, 0.1) is 0 Å². The number of hydrogen-bond acceptors (Lipinski definition) is 6. The third-order valence-electron chi connectivity index (χ3n) is 3.65. The molecular weight excluding hydrogens is 398 g/mol. The number of halogens is 1. The second kappa shape index (κ2) is 8.98. The van der Waals surface area contributed by atoms with Crippen molar-refractivity contribution in [2.45, 2.75) is 6.92 Å². The van der Waals surface area contributed by atoms with Gasteiger partial charge in [0.15, 0.2) is 6.61 Å². The van der Waals surface area contributed by atoms with Crippen LogP contribution in [-0.2, 0) is 14.3 Å². The molecule has 2 amide bonds. The van der Waals surface area contributed by atoms with Crippen LogP contribution >= 0.6 is 11.6 Å². The SMILES string of the molecule is CC(=O)Nc1cccc(C(=O)OCC(=O)Nc2cc(Cl)ccc2-n2cncn2)c1. The third-order valence-corrected chi connectivity index (χ3v) is 3.89. The molecule has 0 radical (unpaired) electrons. The molecule has 3 rings (SSSR count). The van der Waals surface area contributed by atoms with Gasteiger partial charge in [-0.2, -0.15) is 5.10 Å². The van der Waals surface area contributed by atoms with Crippen molar-refractivity contribution in [1.29, 1.82) is 0 Å². The molecule has 1 aromatic heterocycles. The van der Waals surface area contributed by atoms with Gasteiger partial charge >= 0.3 is 5.97 Å². The predicted molar refractivity (Wildman–Crippen MR) is 106 cm³/mol. The summed E-state index contributed by atoms with van der Waals surface area (Å²) in [5.74, 6) is -1.52. The Morgan fingerprint density at radius 2 is 1.97 bits per heavy atom. The highest BCUT2D eigenvalue weighted by atomic mass is 35.5. The minimum Gasteiger partial charge on any atom is -0.452 e. The molecule has 0 saturated heterocycles. The minimum absolute atomic E-state index is 0.204. The zero-order valence-electron chi connectivity index (χ0n) is 15.3. The van der Waals surface area contributed by atoms with E-state index >= 15 is 0 Å². The molecule has 9 nitrogen and oxygen atoms in total. The van der Waals surface area contributed by atoms with Gasteiger partial charge in [0, 0.05) is 17.6 Å². The molecule has 2 N–H and O–H groups in total. The molecule has 0 aliphatic carbocycles. The van der Waals surface area contributed by atoms with E-state index in [-0.39, 0.29) is 11.5 Å². The standard InChI is InChI=1S/C19H16ClN5O4/c1-12(26)23-15-4-2-3-13(7-15)19(28)29-9-18(27)24-16-8-14(20)5-6-17(16)25-11-21-10-22-25/h2-8,10-11H,9H2,1H3,(H,23,26)(H,24,27). The Hall–Kier alpha value is -3.72. The van der Waals surface area contributed by atoms with Crippen molar-refractivity contribution in [1.82, 2.24) is 14.8 Å². The quantitative estimate of drug-likeness (QED) is 0.600. The minimum atomic E-state index is -0.699. The maximum atomic E-state index is 12.3. The van der Waals surface area contributed by atoms with Crippen molar-refractivity contribution in [3.63, 3.8) is 0 Å². The molecule has 1 heterocycles. The van der Waals surface area contributed by atoms with Gasteiger partial charge in [0.25, 0.3) is 5.91 Å². The van der Waals surface area contributed by atoms with E-state index in [1.165, 1.54) is 36.4 Å². The lowest BCUT2D eigenvalue weighted by molar-refractivity contribution is -0.119. The predicted octanol–water partition coefficient (Wildman–Crippen LogP) is 2.67. The number of aromatic nitrogens is 3. The largest absolute Gasteiger partial charge is 0.452 e. The second-order valence-corrected chi connectivity index (χ2v) is 6.32. The summed E-state index contributed by atoms with van der Waals surface area (Å²) < 4.78 is 6.52. The lowest BCUT2D eigenvalue weighted by Crippen LogP contribution is -2.22. The topological polar surface area (TPSA) is 115 Å². The lowest BCUT2D eigenvalue weighted by Gasteiger charge is -2.12. The van der Waals surface area contributed by atoms with Gasteiger partial charge in [0.05, 0.1) is 16.9 Å². The lowest BCUT2D eigenvalue weighted by atomic mass is 10.2. The first-order valence-electron chi connectivity index (χ1n) is 8.41. The van der Waals surface area contributed by atoms with E-state index in [0.717, 1.165) is 0 Å². The highest BCUT2D eigenvalue weighted by Gasteiger charge is 2.14. The fourth-order valence-electron chi connectivity index (χ4n) is 2.47. The molecule has 0 aliphatic rings. The van der Waals surface area contributed by atoms with Crippen LogP contribution in [0.25, 0.3) is 5.69 Å². The average Bonchev–Trinajstić information content (AvgIpc) is 3.20. The molecule has 0 saturated carbocycles. The number of benzene rings is 2. The zero-order chi connectivity index (χ0) is 20.8. The fraction of sp³-hybridized carbons (Fsp3) is 0.105. The Morgan fingerprint density at radius 3 is 2.69 bits per heavy atom. The molecule has 0 fully saturated rings. The van der Waals surface area contributed by atoms with Gasteiger partial charge in [-0.25, -0.2) is 14.5 Å². The third kappa shape index (κ3) is 5.39. The first kappa shape index (κ1) is 20.0. The normalized spacial score (nSPS) is 10.3. The van der Waals surface area contributed by atoms with Gasteiger partial charge < -0.3 is 15.4 Å². The van der Waals surface area contributed by atoms with E-state index in [0.29, 0.717) is 22.1 Å². The molecule has 0 aliphatic heterocycles. The van der Waals surface area contributed by atoms with Gasteiger partial charge in [0.1, 0.15) is 12.7 Å². The highest BCUT2D eigenvalue weighted by Crippen LogP contribution is 2.24. The molecule has 0 spiro atoms. The monoisotopic (exact) mass is 413 g/mol. The Kier molecular flexibility index (Phi) is 6.20. The van der Waals surface area contributed by atoms with E-state index in [4.69, 9.17) is 16.3 Å². The molecule has 148 valence electrons. The van der Waals surface area contributed by atoms with Crippen LogP contribution in [0.2, 0.25) is 5.02 Å². The van der Waals surface area contributed by atoms with E-state index in [1.807, 2.05) is 0 Å². The summed E-state index contributed by atoms with van der Waals surface area (Å²) >= 11 is 6.01. The highest BCUT2D eigenvalue weighted by molar-refractivity contribution is 6.31. The van der Waals surface area contributed by atoms with E-state index in [9.17, 15) is 14.4 Å². The number of amides is 2. The first-order valence-corrected chi connectivity index (χ1v) is 8.79. The van der Waals surface area contributed by atoms with Crippen molar-refractivity contribution in [3.05, 3.63) is 65.7 Å². The zero-order valence-corrected chi connectivity index (χ0v) is 16.0. The molecule has 3 aromatic rings. The number of nitrogens with one attached hydrogen (secondary N) is 2. The number of carbonyl (C=O) groups is 3. The van der Waals surface area contributed by atoms with E-state index in [2.05, 4.69) is 20.7 Å². The number of rotatable bonds is 6. The maximum Gasteiger partial charge on any atom is 0.338 e. The molecule has 10 heteroatoms. The number of ether oxygens (including phenoxy) is 1. The van der Waals surface area contributed by atoms with Crippen molar-refractivity contribution < 1.29 is 19.1 Å². The van der Waals surface area contributed by atoms with Crippen LogP contribution in [0.5, 0.6) is 0 Å².